The van der Waals surface area contributed by atoms with Crippen LogP contribution >= 0.6 is 0 Å². The van der Waals surface area contributed by atoms with E-state index in [1.54, 1.807) is 0 Å². The zero-order valence-electron chi connectivity index (χ0n) is 9.22. The zero-order valence-corrected chi connectivity index (χ0v) is 9.22. The third-order valence-corrected chi connectivity index (χ3v) is 3.18. The van der Waals surface area contributed by atoms with Crippen LogP contribution in [0.4, 0.5) is 0 Å². The minimum Gasteiger partial charge on any atom is -0.481 e. The molecule has 0 bridgehead atoms. The van der Waals surface area contributed by atoms with Gasteiger partial charge >= 0.3 is 13.1 Å². The normalized spacial score (nSPS) is 29.8. The van der Waals surface area contributed by atoms with Crippen LogP contribution in [0.1, 0.15) is 12.8 Å². The molecule has 0 amide bonds. The fourth-order valence-corrected chi connectivity index (χ4v) is 2.15. The second-order valence-corrected chi connectivity index (χ2v) is 4.42. The fourth-order valence-electron chi connectivity index (χ4n) is 2.15. The maximum Gasteiger partial charge on any atom is 0.451 e. The lowest BCUT2D eigenvalue weighted by atomic mass is 9.72. The Morgan fingerprint density at radius 1 is 1.62 bits per heavy atom. The summed E-state index contributed by atoms with van der Waals surface area (Å²) in [6, 6.07) is 0. The molecule has 0 saturated carbocycles. The lowest BCUT2D eigenvalue weighted by molar-refractivity contribution is -0.147. The summed E-state index contributed by atoms with van der Waals surface area (Å²) in [6.07, 6.45) is 2.86. The molecule has 5 nitrogen and oxygen atoms in total. The van der Waals surface area contributed by atoms with E-state index in [1.165, 1.54) is 6.08 Å². The number of rotatable bonds is 5. The van der Waals surface area contributed by atoms with Gasteiger partial charge in [-0.25, -0.2) is 0 Å². The van der Waals surface area contributed by atoms with Crippen LogP contribution in [-0.4, -0.2) is 41.3 Å². The van der Waals surface area contributed by atoms with E-state index in [1.807, 2.05) is 0 Å². The molecule has 4 N–H and O–H groups in total. The first-order valence-electron chi connectivity index (χ1n) is 5.44. The SMILES string of the molecule is C=C[C@@]1(C(=O)O)CNC[C@@H](CCB(O)O)C1. The van der Waals surface area contributed by atoms with Crippen molar-refractivity contribution in [2.75, 3.05) is 13.1 Å². The van der Waals surface area contributed by atoms with Gasteiger partial charge in [-0.3, -0.25) is 4.79 Å². The Bertz CT molecular complexity index is 272. The number of hydrogen-bond acceptors (Lipinski definition) is 4. The molecule has 90 valence electrons. The number of piperidine rings is 1. The summed E-state index contributed by atoms with van der Waals surface area (Å²) in [5, 5.41) is 29.8. The number of hydrogen-bond donors (Lipinski definition) is 4. The highest BCUT2D eigenvalue weighted by Gasteiger charge is 2.40. The quantitative estimate of drug-likeness (QED) is 0.383. The van der Waals surface area contributed by atoms with Gasteiger partial charge in [0.1, 0.15) is 0 Å². The molecule has 1 heterocycles. The maximum absolute atomic E-state index is 11.2. The Labute approximate surface area is 95.3 Å². The van der Waals surface area contributed by atoms with Crippen molar-refractivity contribution in [3.8, 4) is 0 Å². The van der Waals surface area contributed by atoms with E-state index in [4.69, 9.17) is 10.0 Å². The second-order valence-electron chi connectivity index (χ2n) is 4.42. The van der Waals surface area contributed by atoms with Crippen LogP contribution < -0.4 is 5.32 Å². The van der Waals surface area contributed by atoms with E-state index >= 15 is 0 Å². The highest BCUT2D eigenvalue weighted by molar-refractivity contribution is 6.40. The van der Waals surface area contributed by atoms with Crippen molar-refractivity contribution >= 4 is 13.1 Å². The van der Waals surface area contributed by atoms with Gasteiger partial charge in [0.25, 0.3) is 0 Å². The summed E-state index contributed by atoms with van der Waals surface area (Å²) >= 11 is 0. The first-order valence-corrected chi connectivity index (χ1v) is 5.44. The van der Waals surface area contributed by atoms with Crippen LogP contribution in [0.2, 0.25) is 6.32 Å². The van der Waals surface area contributed by atoms with Crippen molar-refractivity contribution < 1.29 is 19.9 Å². The third kappa shape index (κ3) is 3.07. The van der Waals surface area contributed by atoms with E-state index in [-0.39, 0.29) is 12.2 Å². The standard InChI is InChI=1S/C10H18BNO4/c1-2-10(9(13)14)5-8(6-12-7-10)3-4-11(15)16/h2,8,12,15-16H,1,3-7H2,(H,13,14)/t8-,10-/m0/s1. The van der Waals surface area contributed by atoms with Crippen molar-refractivity contribution in [1.82, 2.24) is 5.32 Å². The Hall–Kier alpha value is -0.845. The van der Waals surface area contributed by atoms with Gasteiger partial charge < -0.3 is 20.5 Å². The van der Waals surface area contributed by atoms with E-state index in [9.17, 15) is 9.90 Å². The van der Waals surface area contributed by atoms with Crippen molar-refractivity contribution in [2.45, 2.75) is 19.2 Å². The largest absolute Gasteiger partial charge is 0.481 e. The van der Waals surface area contributed by atoms with Crippen LogP contribution in [0.25, 0.3) is 0 Å². The van der Waals surface area contributed by atoms with Crippen molar-refractivity contribution in [3.63, 3.8) is 0 Å². The smallest absolute Gasteiger partial charge is 0.451 e. The van der Waals surface area contributed by atoms with Crippen LogP contribution in [0, 0.1) is 11.3 Å². The molecular weight excluding hydrogens is 209 g/mol. The van der Waals surface area contributed by atoms with Gasteiger partial charge in [0, 0.05) is 6.54 Å². The molecule has 0 aromatic carbocycles. The van der Waals surface area contributed by atoms with Crippen LogP contribution in [0.15, 0.2) is 12.7 Å². The van der Waals surface area contributed by atoms with Crippen LogP contribution in [0.3, 0.4) is 0 Å². The Morgan fingerprint density at radius 2 is 2.31 bits per heavy atom. The lowest BCUT2D eigenvalue weighted by Gasteiger charge is -2.36. The van der Waals surface area contributed by atoms with Crippen LogP contribution in [-0.2, 0) is 4.79 Å². The minimum atomic E-state index is -1.31. The van der Waals surface area contributed by atoms with Gasteiger partial charge in [-0.15, -0.1) is 6.58 Å². The van der Waals surface area contributed by atoms with Crippen molar-refractivity contribution in [3.05, 3.63) is 12.7 Å². The highest BCUT2D eigenvalue weighted by Crippen LogP contribution is 2.33. The Kier molecular flexibility index (Phi) is 4.52. The van der Waals surface area contributed by atoms with E-state index in [0.717, 1.165) is 6.54 Å². The van der Waals surface area contributed by atoms with E-state index in [2.05, 4.69) is 11.9 Å². The number of nitrogens with one attached hydrogen (secondary N) is 1. The molecule has 0 aromatic rings. The topological polar surface area (TPSA) is 89.8 Å². The summed E-state index contributed by atoms with van der Waals surface area (Å²) in [4.78, 5) is 11.2. The summed E-state index contributed by atoms with van der Waals surface area (Å²) in [5.41, 5.74) is -0.913. The molecule has 1 fully saturated rings. The fraction of sp³-hybridized carbons (Fsp3) is 0.700. The average Bonchev–Trinajstić information content (AvgIpc) is 2.26. The molecule has 16 heavy (non-hydrogen) atoms. The number of carboxylic acids is 1. The van der Waals surface area contributed by atoms with Crippen molar-refractivity contribution in [2.24, 2.45) is 11.3 Å². The summed E-state index contributed by atoms with van der Waals surface area (Å²) in [5.74, 6) is -0.728. The number of carboxylic acid groups (broad SMARTS) is 1. The molecule has 0 unspecified atom stereocenters. The summed E-state index contributed by atoms with van der Waals surface area (Å²) in [7, 11) is -1.31. The molecule has 0 radical (unpaired) electrons. The maximum atomic E-state index is 11.2. The second kappa shape index (κ2) is 5.47. The first-order chi connectivity index (χ1) is 7.50. The molecule has 1 rings (SSSR count). The molecule has 0 spiro atoms. The Balaban J connectivity index is 2.58. The zero-order chi connectivity index (χ0) is 12.2. The summed E-state index contributed by atoms with van der Waals surface area (Å²) < 4.78 is 0. The molecular formula is C10H18BNO4. The average molecular weight is 227 g/mol. The highest BCUT2D eigenvalue weighted by atomic mass is 16.4. The number of aliphatic carboxylic acids is 1. The minimum absolute atomic E-state index is 0.143. The molecule has 6 heteroatoms. The van der Waals surface area contributed by atoms with Crippen molar-refractivity contribution in [1.29, 1.82) is 0 Å². The van der Waals surface area contributed by atoms with Crippen LogP contribution in [0.5, 0.6) is 0 Å². The Morgan fingerprint density at radius 3 is 2.81 bits per heavy atom. The van der Waals surface area contributed by atoms with E-state index in [0.29, 0.717) is 19.4 Å². The molecule has 2 atom stereocenters. The monoisotopic (exact) mass is 227 g/mol. The predicted octanol–water partition coefficient (Wildman–Crippen LogP) is -0.284. The summed E-state index contributed by atoms with van der Waals surface area (Å²) in [6.45, 7) is 4.70. The van der Waals surface area contributed by atoms with Gasteiger partial charge in [-0.1, -0.05) is 12.5 Å². The van der Waals surface area contributed by atoms with Gasteiger partial charge in [-0.05, 0) is 25.2 Å². The predicted molar refractivity (Wildman–Crippen MR) is 60.9 cm³/mol. The lowest BCUT2D eigenvalue weighted by Crippen LogP contribution is -2.48. The molecule has 1 aliphatic heterocycles. The molecule has 1 aliphatic rings. The first kappa shape index (κ1) is 13.2. The van der Waals surface area contributed by atoms with Gasteiger partial charge in [-0.2, -0.15) is 0 Å². The van der Waals surface area contributed by atoms with Gasteiger partial charge in [0.2, 0.25) is 0 Å². The van der Waals surface area contributed by atoms with Gasteiger partial charge in [0.05, 0.1) is 5.41 Å². The van der Waals surface area contributed by atoms with E-state index < -0.39 is 18.5 Å². The molecule has 0 aliphatic carbocycles. The number of carbonyl (C=O) groups is 1. The van der Waals surface area contributed by atoms with Gasteiger partial charge in [0.15, 0.2) is 0 Å². The molecule has 1 saturated heterocycles. The third-order valence-electron chi connectivity index (χ3n) is 3.18. The molecule has 0 aromatic heterocycles.